The Hall–Kier alpha value is -2.23. The molecule has 0 spiro atoms. The van der Waals surface area contributed by atoms with Crippen molar-refractivity contribution in [2.45, 2.75) is 32.7 Å². The van der Waals surface area contributed by atoms with Gasteiger partial charge in [0.1, 0.15) is 6.04 Å². The van der Waals surface area contributed by atoms with Gasteiger partial charge in [0.2, 0.25) is 15.9 Å². The van der Waals surface area contributed by atoms with Crippen molar-refractivity contribution in [2.24, 2.45) is 5.92 Å². The topological polar surface area (TPSA) is 84.0 Å². The van der Waals surface area contributed by atoms with Crippen LogP contribution in [0.4, 0.5) is 14.5 Å². The maximum absolute atomic E-state index is 13.6. The number of rotatable bonds is 6. The third kappa shape index (κ3) is 4.98. The zero-order valence-corrected chi connectivity index (χ0v) is 16.8. The van der Waals surface area contributed by atoms with Gasteiger partial charge in [-0.1, -0.05) is 0 Å². The van der Waals surface area contributed by atoms with Gasteiger partial charge in [-0.25, -0.2) is 17.2 Å². The molecule has 1 saturated heterocycles. The number of hydrogen-bond donors (Lipinski definition) is 0. The molecule has 0 N–H and O–H groups in total. The van der Waals surface area contributed by atoms with Gasteiger partial charge in [-0.3, -0.25) is 13.9 Å². The van der Waals surface area contributed by atoms with Crippen molar-refractivity contribution in [3.63, 3.8) is 0 Å². The van der Waals surface area contributed by atoms with Crippen molar-refractivity contribution >= 4 is 27.6 Å². The van der Waals surface area contributed by atoms with Crippen molar-refractivity contribution in [1.29, 1.82) is 0 Å². The van der Waals surface area contributed by atoms with E-state index in [1.807, 2.05) is 0 Å². The average molecular weight is 418 g/mol. The standard InChI is InChI=1S/C18H24F2N2O5S/c1-4-27-18(24)13-7-9-21(10-8-13)17(23)12(2)22(28(3,25)26)14-5-6-15(19)16(20)11-14/h5-6,11-13H,4,7-10H2,1-3H3/t12-/m0/s1. The van der Waals surface area contributed by atoms with Crippen LogP contribution in [0.5, 0.6) is 0 Å². The number of amides is 1. The minimum atomic E-state index is -3.94. The van der Waals surface area contributed by atoms with E-state index in [4.69, 9.17) is 4.74 Å². The number of likely N-dealkylation sites (tertiary alicyclic amines) is 1. The molecule has 0 radical (unpaired) electrons. The quantitative estimate of drug-likeness (QED) is 0.659. The summed E-state index contributed by atoms with van der Waals surface area (Å²) in [7, 11) is -3.94. The molecule has 1 atom stereocenters. The fourth-order valence-electron chi connectivity index (χ4n) is 3.28. The predicted octanol–water partition coefficient (Wildman–Crippen LogP) is 1.92. The van der Waals surface area contributed by atoms with E-state index in [1.54, 1.807) is 6.92 Å². The molecule has 1 fully saturated rings. The number of anilines is 1. The van der Waals surface area contributed by atoms with Gasteiger partial charge in [-0.05, 0) is 38.8 Å². The van der Waals surface area contributed by atoms with Gasteiger partial charge in [0.25, 0.3) is 0 Å². The molecule has 28 heavy (non-hydrogen) atoms. The van der Waals surface area contributed by atoms with E-state index in [-0.39, 0.29) is 37.3 Å². The van der Waals surface area contributed by atoms with Gasteiger partial charge >= 0.3 is 5.97 Å². The van der Waals surface area contributed by atoms with Gasteiger partial charge in [0.05, 0.1) is 24.5 Å². The van der Waals surface area contributed by atoms with Crippen LogP contribution >= 0.6 is 0 Å². The SMILES string of the molecule is CCOC(=O)C1CCN(C(=O)[C@H](C)N(c2ccc(F)c(F)c2)S(C)(=O)=O)CC1. The van der Waals surface area contributed by atoms with E-state index in [0.29, 0.717) is 12.8 Å². The van der Waals surface area contributed by atoms with E-state index in [0.717, 1.165) is 28.8 Å². The lowest BCUT2D eigenvalue weighted by Crippen LogP contribution is -2.51. The number of hydrogen-bond acceptors (Lipinski definition) is 5. The fourth-order valence-corrected chi connectivity index (χ4v) is 4.45. The molecular weight excluding hydrogens is 394 g/mol. The highest BCUT2D eigenvalue weighted by molar-refractivity contribution is 7.92. The second kappa shape index (κ2) is 8.85. The van der Waals surface area contributed by atoms with E-state index in [1.165, 1.54) is 11.8 Å². The van der Waals surface area contributed by atoms with Crippen molar-refractivity contribution in [3.8, 4) is 0 Å². The Morgan fingerprint density at radius 3 is 2.36 bits per heavy atom. The van der Waals surface area contributed by atoms with E-state index in [2.05, 4.69) is 0 Å². The highest BCUT2D eigenvalue weighted by Gasteiger charge is 2.35. The summed E-state index contributed by atoms with van der Waals surface area (Å²) in [5.41, 5.74) is -0.136. The van der Waals surface area contributed by atoms with Crippen LogP contribution in [0.1, 0.15) is 26.7 Å². The lowest BCUT2D eigenvalue weighted by molar-refractivity contribution is -0.151. The smallest absolute Gasteiger partial charge is 0.309 e. The van der Waals surface area contributed by atoms with E-state index < -0.39 is 33.6 Å². The number of carbonyl (C=O) groups is 2. The molecule has 1 aliphatic heterocycles. The molecule has 0 bridgehead atoms. The first-order valence-electron chi connectivity index (χ1n) is 8.96. The van der Waals surface area contributed by atoms with Crippen molar-refractivity contribution in [3.05, 3.63) is 29.8 Å². The van der Waals surface area contributed by atoms with Crippen molar-refractivity contribution in [1.82, 2.24) is 4.90 Å². The molecule has 10 heteroatoms. The molecule has 7 nitrogen and oxygen atoms in total. The number of halogens is 2. The van der Waals surface area contributed by atoms with Crippen LogP contribution in [0.15, 0.2) is 18.2 Å². The van der Waals surface area contributed by atoms with Crippen LogP contribution in [-0.2, 0) is 24.3 Å². The molecule has 0 saturated carbocycles. The summed E-state index contributed by atoms with van der Waals surface area (Å²) >= 11 is 0. The van der Waals surface area contributed by atoms with Crippen molar-refractivity contribution < 1.29 is 31.5 Å². The lowest BCUT2D eigenvalue weighted by atomic mass is 9.96. The Balaban J connectivity index is 2.17. The lowest BCUT2D eigenvalue weighted by Gasteiger charge is -2.36. The average Bonchev–Trinajstić information content (AvgIpc) is 2.63. The number of esters is 1. The zero-order chi connectivity index (χ0) is 21.1. The minimum Gasteiger partial charge on any atom is -0.466 e. The van der Waals surface area contributed by atoms with E-state index >= 15 is 0 Å². The Bertz CT molecular complexity index is 838. The zero-order valence-electron chi connectivity index (χ0n) is 16.0. The van der Waals surface area contributed by atoms with Gasteiger partial charge in [0.15, 0.2) is 11.6 Å². The minimum absolute atomic E-state index is 0.136. The summed E-state index contributed by atoms with van der Waals surface area (Å²) in [6, 6.07) is 1.51. The Morgan fingerprint density at radius 1 is 1.25 bits per heavy atom. The third-order valence-corrected chi connectivity index (χ3v) is 5.89. The molecule has 0 unspecified atom stereocenters. The normalized spacial score (nSPS) is 16.5. The van der Waals surface area contributed by atoms with Gasteiger partial charge < -0.3 is 9.64 Å². The van der Waals surface area contributed by atoms with Crippen LogP contribution in [0.2, 0.25) is 0 Å². The highest BCUT2D eigenvalue weighted by atomic mass is 32.2. The summed E-state index contributed by atoms with van der Waals surface area (Å²) in [5.74, 6) is -3.39. The monoisotopic (exact) mass is 418 g/mol. The molecule has 2 rings (SSSR count). The van der Waals surface area contributed by atoms with Crippen LogP contribution < -0.4 is 4.31 Å². The van der Waals surface area contributed by atoms with Crippen molar-refractivity contribution in [2.75, 3.05) is 30.3 Å². The Kier molecular flexibility index (Phi) is 6.97. The highest BCUT2D eigenvalue weighted by Crippen LogP contribution is 2.25. The first-order chi connectivity index (χ1) is 13.1. The number of piperidine rings is 1. The van der Waals surface area contributed by atoms with Crippen LogP contribution in [0.3, 0.4) is 0 Å². The number of sulfonamides is 1. The number of ether oxygens (including phenoxy) is 1. The summed E-state index contributed by atoms with van der Waals surface area (Å²) < 4.78 is 57.1. The molecule has 1 aromatic rings. The van der Waals surface area contributed by atoms with Gasteiger partial charge in [-0.2, -0.15) is 0 Å². The maximum atomic E-state index is 13.6. The maximum Gasteiger partial charge on any atom is 0.309 e. The second-order valence-electron chi connectivity index (χ2n) is 6.68. The molecule has 0 aliphatic carbocycles. The molecule has 1 heterocycles. The molecule has 0 aromatic heterocycles. The second-order valence-corrected chi connectivity index (χ2v) is 8.54. The third-order valence-electron chi connectivity index (χ3n) is 4.65. The fraction of sp³-hybridized carbons (Fsp3) is 0.556. The first kappa shape index (κ1) is 22.1. The van der Waals surface area contributed by atoms with Gasteiger partial charge in [-0.15, -0.1) is 0 Å². The molecule has 1 aromatic carbocycles. The van der Waals surface area contributed by atoms with Crippen LogP contribution in [-0.4, -0.2) is 57.2 Å². The van der Waals surface area contributed by atoms with Gasteiger partial charge in [0, 0.05) is 19.2 Å². The molecule has 156 valence electrons. The Morgan fingerprint density at radius 2 is 1.86 bits per heavy atom. The Labute approximate surface area is 163 Å². The number of benzene rings is 1. The predicted molar refractivity (Wildman–Crippen MR) is 99.1 cm³/mol. The summed E-state index contributed by atoms with van der Waals surface area (Å²) in [6.45, 7) is 3.95. The first-order valence-corrected chi connectivity index (χ1v) is 10.8. The van der Waals surface area contributed by atoms with Crippen LogP contribution in [0, 0.1) is 17.6 Å². The summed E-state index contributed by atoms with van der Waals surface area (Å²) in [6.07, 6.45) is 1.73. The van der Waals surface area contributed by atoms with Crippen LogP contribution in [0.25, 0.3) is 0 Å². The van der Waals surface area contributed by atoms with E-state index in [9.17, 15) is 26.8 Å². The largest absolute Gasteiger partial charge is 0.466 e. The number of nitrogens with zero attached hydrogens (tertiary/aromatic N) is 2. The molecule has 1 amide bonds. The summed E-state index contributed by atoms with van der Waals surface area (Å²) in [5, 5.41) is 0. The number of carbonyl (C=O) groups excluding carboxylic acids is 2. The summed E-state index contributed by atoms with van der Waals surface area (Å²) in [4.78, 5) is 26.1. The molecular formula is C18H24F2N2O5S. The molecule has 1 aliphatic rings.